The molecule has 0 unspecified atom stereocenters. The molecule has 5 heteroatoms. The molecule has 0 bridgehead atoms. The van der Waals surface area contributed by atoms with Gasteiger partial charge in [-0.1, -0.05) is 30.3 Å². The Labute approximate surface area is 93.4 Å². The van der Waals surface area contributed by atoms with Crippen molar-refractivity contribution in [2.24, 2.45) is 10.9 Å². The van der Waals surface area contributed by atoms with Crippen LogP contribution in [0, 0.1) is 0 Å². The molecule has 0 aliphatic rings. The highest BCUT2D eigenvalue weighted by atomic mass is 15.2. The SMILES string of the molecule is CC(Cc1nc(-c2ccccc2)n[nH]1)=NN. The molecular formula is C11H13N5. The van der Waals surface area contributed by atoms with Crippen LogP contribution in [0.3, 0.4) is 0 Å². The molecule has 0 atom stereocenters. The van der Waals surface area contributed by atoms with E-state index in [9.17, 15) is 0 Å². The van der Waals surface area contributed by atoms with Crippen molar-refractivity contribution in [1.82, 2.24) is 15.2 Å². The molecule has 2 aromatic rings. The predicted molar refractivity (Wildman–Crippen MR) is 62.8 cm³/mol. The zero-order valence-electron chi connectivity index (χ0n) is 9.01. The van der Waals surface area contributed by atoms with Gasteiger partial charge in [0.2, 0.25) is 0 Å². The van der Waals surface area contributed by atoms with E-state index in [0.29, 0.717) is 12.2 Å². The van der Waals surface area contributed by atoms with Crippen molar-refractivity contribution in [1.29, 1.82) is 0 Å². The van der Waals surface area contributed by atoms with Gasteiger partial charge >= 0.3 is 0 Å². The molecule has 0 fully saturated rings. The summed E-state index contributed by atoms with van der Waals surface area (Å²) >= 11 is 0. The highest BCUT2D eigenvalue weighted by Crippen LogP contribution is 2.13. The highest BCUT2D eigenvalue weighted by Gasteiger charge is 2.05. The van der Waals surface area contributed by atoms with E-state index in [2.05, 4.69) is 20.3 Å². The van der Waals surface area contributed by atoms with Crippen molar-refractivity contribution in [2.75, 3.05) is 0 Å². The first-order valence-electron chi connectivity index (χ1n) is 4.99. The summed E-state index contributed by atoms with van der Waals surface area (Å²) in [5.74, 6) is 6.63. The van der Waals surface area contributed by atoms with Crippen molar-refractivity contribution >= 4 is 5.71 Å². The third kappa shape index (κ3) is 2.25. The third-order valence-corrected chi connectivity index (χ3v) is 2.21. The lowest BCUT2D eigenvalue weighted by Crippen LogP contribution is -2.02. The Bertz CT molecular complexity index is 486. The summed E-state index contributed by atoms with van der Waals surface area (Å²) in [5.41, 5.74) is 1.81. The van der Waals surface area contributed by atoms with E-state index in [4.69, 9.17) is 5.84 Å². The Kier molecular flexibility index (Phi) is 2.95. The molecular weight excluding hydrogens is 202 g/mol. The minimum atomic E-state index is 0.594. The monoisotopic (exact) mass is 215 g/mol. The maximum absolute atomic E-state index is 5.16. The fourth-order valence-electron chi connectivity index (χ4n) is 1.38. The number of H-pyrrole nitrogens is 1. The van der Waals surface area contributed by atoms with Gasteiger partial charge in [0.05, 0.1) is 0 Å². The van der Waals surface area contributed by atoms with Gasteiger partial charge in [0.25, 0.3) is 0 Å². The lowest BCUT2D eigenvalue weighted by atomic mass is 10.2. The molecule has 1 heterocycles. The van der Waals surface area contributed by atoms with Crippen LogP contribution in [0.5, 0.6) is 0 Å². The number of hydrogen-bond acceptors (Lipinski definition) is 4. The zero-order chi connectivity index (χ0) is 11.4. The van der Waals surface area contributed by atoms with Crippen LogP contribution in [-0.4, -0.2) is 20.9 Å². The normalized spacial score (nSPS) is 11.7. The van der Waals surface area contributed by atoms with E-state index in [1.165, 1.54) is 0 Å². The number of aromatic amines is 1. The summed E-state index contributed by atoms with van der Waals surface area (Å²) < 4.78 is 0. The molecule has 3 N–H and O–H groups in total. The Balaban J connectivity index is 2.20. The molecule has 0 saturated carbocycles. The van der Waals surface area contributed by atoms with Crippen molar-refractivity contribution in [3.05, 3.63) is 36.2 Å². The van der Waals surface area contributed by atoms with Gasteiger partial charge < -0.3 is 5.84 Å². The number of aromatic nitrogens is 3. The molecule has 0 spiro atoms. The van der Waals surface area contributed by atoms with Crippen molar-refractivity contribution in [3.8, 4) is 11.4 Å². The Morgan fingerprint density at radius 1 is 1.38 bits per heavy atom. The zero-order valence-corrected chi connectivity index (χ0v) is 9.01. The van der Waals surface area contributed by atoms with Gasteiger partial charge in [0.1, 0.15) is 5.82 Å². The fourth-order valence-corrected chi connectivity index (χ4v) is 1.38. The molecule has 0 aliphatic heterocycles. The highest BCUT2D eigenvalue weighted by molar-refractivity contribution is 5.83. The fraction of sp³-hybridized carbons (Fsp3) is 0.182. The maximum Gasteiger partial charge on any atom is 0.181 e. The van der Waals surface area contributed by atoms with Crippen LogP contribution in [0.15, 0.2) is 35.4 Å². The van der Waals surface area contributed by atoms with Gasteiger partial charge in [0, 0.05) is 17.7 Å². The molecule has 0 radical (unpaired) electrons. The average Bonchev–Trinajstić information content (AvgIpc) is 2.78. The van der Waals surface area contributed by atoms with Gasteiger partial charge in [-0.25, -0.2) is 4.98 Å². The number of rotatable bonds is 3. The van der Waals surface area contributed by atoms with E-state index in [1.807, 2.05) is 37.3 Å². The summed E-state index contributed by atoms with van der Waals surface area (Å²) in [6.45, 7) is 1.85. The van der Waals surface area contributed by atoms with Crippen LogP contribution >= 0.6 is 0 Å². The quantitative estimate of drug-likeness (QED) is 0.460. The van der Waals surface area contributed by atoms with Crippen LogP contribution in [0.25, 0.3) is 11.4 Å². The van der Waals surface area contributed by atoms with Gasteiger partial charge in [0.15, 0.2) is 5.82 Å². The van der Waals surface area contributed by atoms with Gasteiger partial charge in [-0.3, -0.25) is 5.10 Å². The number of hydrazone groups is 1. The Hall–Kier alpha value is -2.17. The standard InChI is InChI=1S/C11H13N5/c1-8(14-12)7-10-13-11(16-15-10)9-5-3-2-4-6-9/h2-6H,7,12H2,1H3,(H,13,15,16). The van der Waals surface area contributed by atoms with Crippen molar-refractivity contribution < 1.29 is 0 Å². The second kappa shape index (κ2) is 4.57. The lowest BCUT2D eigenvalue weighted by Gasteiger charge is -1.93. The van der Waals surface area contributed by atoms with Crippen LogP contribution in [-0.2, 0) is 6.42 Å². The van der Waals surface area contributed by atoms with Crippen LogP contribution < -0.4 is 5.84 Å². The van der Waals surface area contributed by atoms with Crippen LogP contribution in [0.2, 0.25) is 0 Å². The first kappa shape index (κ1) is 10.4. The number of nitrogens with zero attached hydrogens (tertiary/aromatic N) is 3. The van der Waals surface area contributed by atoms with E-state index >= 15 is 0 Å². The maximum atomic E-state index is 5.16. The molecule has 16 heavy (non-hydrogen) atoms. The Morgan fingerprint density at radius 3 is 2.81 bits per heavy atom. The molecule has 1 aromatic carbocycles. The summed E-state index contributed by atoms with van der Waals surface area (Å²) in [6, 6.07) is 9.81. The number of nitrogens with one attached hydrogen (secondary N) is 1. The van der Waals surface area contributed by atoms with Crippen LogP contribution in [0.4, 0.5) is 0 Å². The summed E-state index contributed by atoms with van der Waals surface area (Å²) in [6.07, 6.45) is 0.594. The largest absolute Gasteiger partial charge is 0.323 e. The molecule has 0 saturated heterocycles. The molecule has 2 rings (SSSR count). The van der Waals surface area contributed by atoms with Gasteiger partial charge in [-0.2, -0.15) is 10.2 Å². The minimum absolute atomic E-state index is 0.594. The number of nitrogens with two attached hydrogens (primary N) is 1. The molecule has 82 valence electrons. The summed E-state index contributed by atoms with van der Waals surface area (Å²) in [4.78, 5) is 4.37. The van der Waals surface area contributed by atoms with E-state index in [0.717, 1.165) is 17.1 Å². The predicted octanol–water partition coefficient (Wildman–Crippen LogP) is 1.35. The van der Waals surface area contributed by atoms with Crippen molar-refractivity contribution in [2.45, 2.75) is 13.3 Å². The van der Waals surface area contributed by atoms with E-state index in [-0.39, 0.29) is 0 Å². The van der Waals surface area contributed by atoms with Crippen molar-refractivity contribution in [3.63, 3.8) is 0 Å². The first-order valence-corrected chi connectivity index (χ1v) is 4.99. The average molecular weight is 215 g/mol. The molecule has 0 aliphatic carbocycles. The summed E-state index contributed by atoms with van der Waals surface area (Å²) in [5, 5.41) is 10.6. The lowest BCUT2D eigenvalue weighted by molar-refractivity contribution is 0.999. The smallest absolute Gasteiger partial charge is 0.181 e. The van der Waals surface area contributed by atoms with Gasteiger partial charge in [-0.15, -0.1) is 0 Å². The Morgan fingerprint density at radius 2 is 2.12 bits per heavy atom. The first-order chi connectivity index (χ1) is 7.79. The minimum Gasteiger partial charge on any atom is -0.323 e. The molecule has 0 amide bonds. The third-order valence-electron chi connectivity index (χ3n) is 2.21. The molecule has 5 nitrogen and oxygen atoms in total. The number of benzene rings is 1. The van der Waals surface area contributed by atoms with E-state index < -0.39 is 0 Å². The number of hydrogen-bond donors (Lipinski definition) is 2. The second-order valence-electron chi connectivity index (χ2n) is 3.51. The summed E-state index contributed by atoms with van der Waals surface area (Å²) in [7, 11) is 0. The van der Waals surface area contributed by atoms with E-state index in [1.54, 1.807) is 0 Å². The van der Waals surface area contributed by atoms with Gasteiger partial charge in [-0.05, 0) is 6.92 Å². The second-order valence-corrected chi connectivity index (χ2v) is 3.51. The van der Waals surface area contributed by atoms with Crippen LogP contribution in [0.1, 0.15) is 12.7 Å². The topological polar surface area (TPSA) is 80.0 Å². The molecule has 1 aromatic heterocycles.